The Hall–Kier alpha value is -2.52. The number of ether oxygens (including phenoxy) is 1. The van der Waals surface area contributed by atoms with Crippen LogP contribution in [0, 0.1) is 5.92 Å². The highest BCUT2D eigenvalue weighted by Crippen LogP contribution is 2.28. The van der Waals surface area contributed by atoms with E-state index >= 15 is 0 Å². The molecule has 1 amide bonds. The number of piperidine rings is 1. The van der Waals surface area contributed by atoms with E-state index in [9.17, 15) is 4.79 Å². The molecule has 1 aromatic carbocycles. The standard InChI is InChI=1S/C21H23BrN6O2/c22-17-3-1-15(2-4-17)18-13-27(11-12-30-18)21(29)16-7-9-26(10-8-16)20-6-5-19-24-23-14-28(19)25-20/h1-6,14,16,18H,7-13H2. The SMILES string of the molecule is O=C(C1CCN(c2ccc3nncn3n2)CC1)N1CCOC(c2ccc(Br)cc2)C1. The van der Waals surface area contributed by atoms with Gasteiger partial charge in [-0.15, -0.1) is 15.3 Å². The summed E-state index contributed by atoms with van der Waals surface area (Å²) in [5, 5.41) is 12.4. The van der Waals surface area contributed by atoms with E-state index in [1.165, 1.54) is 0 Å². The summed E-state index contributed by atoms with van der Waals surface area (Å²) in [6.07, 6.45) is 3.22. The van der Waals surface area contributed by atoms with Crippen molar-refractivity contribution >= 4 is 33.3 Å². The Labute approximate surface area is 183 Å². The van der Waals surface area contributed by atoms with Crippen LogP contribution >= 0.6 is 15.9 Å². The lowest BCUT2D eigenvalue weighted by atomic mass is 9.94. The summed E-state index contributed by atoms with van der Waals surface area (Å²) in [7, 11) is 0. The second-order valence-electron chi connectivity index (χ2n) is 7.78. The highest BCUT2D eigenvalue weighted by atomic mass is 79.9. The summed E-state index contributed by atoms with van der Waals surface area (Å²) in [5.74, 6) is 1.21. The van der Waals surface area contributed by atoms with Gasteiger partial charge in [-0.25, -0.2) is 0 Å². The number of anilines is 1. The minimum absolute atomic E-state index is 0.0589. The van der Waals surface area contributed by atoms with Gasteiger partial charge in [0.2, 0.25) is 5.91 Å². The minimum atomic E-state index is -0.0596. The number of hydrogen-bond acceptors (Lipinski definition) is 6. The number of hydrogen-bond donors (Lipinski definition) is 0. The molecule has 156 valence electrons. The van der Waals surface area contributed by atoms with Gasteiger partial charge in [0.25, 0.3) is 0 Å². The van der Waals surface area contributed by atoms with Crippen molar-refractivity contribution in [3.8, 4) is 0 Å². The quantitative estimate of drug-likeness (QED) is 0.585. The molecule has 2 aliphatic rings. The predicted octanol–water partition coefficient (Wildman–Crippen LogP) is 2.70. The molecule has 1 atom stereocenters. The Bertz CT molecular complexity index is 1030. The van der Waals surface area contributed by atoms with Gasteiger partial charge in [0.1, 0.15) is 18.2 Å². The molecule has 1 unspecified atom stereocenters. The second-order valence-corrected chi connectivity index (χ2v) is 8.70. The van der Waals surface area contributed by atoms with E-state index < -0.39 is 0 Å². The van der Waals surface area contributed by atoms with Gasteiger partial charge in [-0.2, -0.15) is 4.52 Å². The molecule has 30 heavy (non-hydrogen) atoms. The summed E-state index contributed by atoms with van der Waals surface area (Å²) >= 11 is 3.47. The lowest BCUT2D eigenvalue weighted by Crippen LogP contribution is -2.47. The van der Waals surface area contributed by atoms with Crippen molar-refractivity contribution in [1.29, 1.82) is 0 Å². The van der Waals surface area contributed by atoms with E-state index in [0.717, 1.165) is 47.4 Å². The van der Waals surface area contributed by atoms with Gasteiger partial charge in [0, 0.05) is 30.0 Å². The van der Waals surface area contributed by atoms with Crippen LogP contribution in [0.15, 0.2) is 47.2 Å². The van der Waals surface area contributed by atoms with E-state index in [1.807, 2.05) is 29.2 Å². The topological polar surface area (TPSA) is 75.9 Å². The van der Waals surface area contributed by atoms with E-state index in [0.29, 0.717) is 19.7 Å². The lowest BCUT2D eigenvalue weighted by Gasteiger charge is -2.38. The first kappa shape index (κ1) is 19.4. The van der Waals surface area contributed by atoms with Crippen LogP contribution in [0.25, 0.3) is 5.65 Å². The number of rotatable bonds is 3. The van der Waals surface area contributed by atoms with Crippen LogP contribution in [0.3, 0.4) is 0 Å². The maximum atomic E-state index is 13.2. The average molecular weight is 471 g/mol. The Balaban J connectivity index is 1.20. The first-order chi connectivity index (χ1) is 14.7. The van der Waals surface area contributed by atoms with Crippen molar-refractivity contribution in [3.63, 3.8) is 0 Å². The molecule has 5 rings (SSSR count). The summed E-state index contributed by atoms with van der Waals surface area (Å²) in [6.45, 7) is 3.49. The van der Waals surface area contributed by atoms with E-state index in [4.69, 9.17) is 4.74 Å². The van der Waals surface area contributed by atoms with Gasteiger partial charge in [0.05, 0.1) is 13.2 Å². The maximum absolute atomic E-state index is 13.2. The summed E-state index contributed by atoms with van der Waals surface area (Å²) in [5.41, 5.74) is 1.84. The van der Waals surface area contributed by atoms with Crippen molar-refractivity contribution in [2.24, 2.45) is 5.92 Å². The summed E-state index contributed by atoms with van der Waals surface area (Å²) in [6, 6.07) is 12.0. The van der Waals surface area contributed by atoms with Gasteiger partial charge < -0.3 is 14.5 Å². The molecule has 9 heteroatoms. The van der Waals surface area contributed by atoms with Gasteiger partial charge >= 0.3 is 0 Å². The molecule has 0 aliphatic carbocycles. The Morgan fingerprint density at radius 3 is 2.67 bits per heavy atom. The fraction of sp³-hybridized carbons (Fsp3) is 0.429. The van der Waals surface area contributed by atoms with Crippen molar-refractivity contribution < 1.29 is 9.53 Å². The van der Waals surface area contributed by atoms with Crippen LogP contribution in [-0.2, 0) is 9.53 Å². The molecule has 0 bridgehead atoms. The van der Waals surface area contributed by atoms with Crippen molar-refractivity contribution in [2.75, 3.05) is 37.7 Å². The molecule has 2 aliphatic heterocycles. The van der Waals surface area contributed by atoms with Crippen molar-refractivity contribution in [1.82, 2.24) is 24.7 Å². The Kier molecular flexibility index (Phi) is 5.39. The molecule has 0 saturated carbocycles. The number of carbonyl (C=O) groups excluding carboxylic acids is 1. The molecule has 2 aromatic heterocycles. The third-order valence-corrected chi connectivity index (χ3v) is 6.46. The smallest absolute Gasteiger partial charge is 0.225 e. The number of benzene rings is 1. The number of amides is 1. The zero-order valence-electron chi connectivity index (χ0n) is 16.5. The average Bonchev–Trinajstić information content (AvgIpc) is 3.27. The maximum Gasteiger partial charge on any atom is 0.225 e. The third kappa shape index (κ3) is 3.91. The summed E-state index contributed by atoms with van der Waals surface area (Å²) in [4.78, 5) is 17.4. The van der Waals surface area contributed by atoms with E-state index in [1.54, 1.807) is 10.8 Å². The predicted molar refractivity (Wildman–Crippen MR) is 115 cm³/mol. The van der Waals surface area contributed by atoms with E-state index in [2.05, 4.69) is 48.3 Å². The van der Waals surface area contributed by atoms with Crippen molar-refractivity contribution in [2.45, 2.75) is 18.9 Å². The summed E-state index contributed by atoms with van der Waals surface area (Å²) < 4.78 is 8.66. The number of morpholine rings is 1. The first-order valence-corrected chi connectivity index (χ1v) is 11.0. The zero-order chi connectivity index (χ0) is 20.5. The van der Waals surface area contributed by atoms with Gasteiger partial charge in [-0.05, 0) is 42.7 Å². The zero-order valence-corrected chi connectivity index (χ0v) is 18.1. The molecule has 0 spiro atoms. The second kappa shape index (κ2) is 8.31. The molecule has 2 saturated heterocycles. The fourth-order valence-electron chi connectivity index (χ4n) is 4.23. The highest BCUT2D eigenvalue weighted by Gasteiger charge is 2.32. The van der Waals surface area contributed by atoms with Gasteiger partial charge in [-0.3, -0.25) is 4.79 Å². The van der Waals surface area contributed by atoms with Gasteiger partial charge in [0.15, 0.2) is 5.65 Å². The van der Waals surface area contributed by atoms with Crippen LogP contribution in [0.4, 0.5) is 5.82 Å². The Morgan fingerprint density at radius 1 is 1.07 bits per heavy atom. The number of halogens is 1. The van der Waals surface area contributed by atoms with E-state index in [-0.39, 0.29) is 17.9 Å². The Morgan fingerprint density at radius 2 is 1.87 bits per heavy atom. The fourth-order valence-corrected chi connectivity index (χ4v) is 4.49. The number of fused-ring (bicyclic) bond motifs is 1. The normalized spacial score (nSPS) is 20.6. The molecular weight excluding hydrogens is 448 g/mol. The molecule has 3 aromatic rings. The molecule has 2 fully saturated rings. The van der Waals surface area contributed by atoms with Crippen LogP contribution in [0.5, 0.6) is 0 Å². The third-order valence-electron chi connectivity index (χ3n) is 5.94. The molecule has 8 nitrogen and oxygen atoms in total. The van der Waals surface area contributed by atoms with Crippen LogP contribution in [0.2, 0.25) is 0 Å². The molecule has 0 radical (unpaired) electrons. The van der Waals surface area contributed by atoms with Crippen LogP contribution in [0.1, 0.15) is 24.5 Å². The highest BCUT2D eigenvalue weighted by molar-refractivity contribution is 9.10. The van der Waals surface area contributed by atoms with Crippen molar-refractivity contribution in [3.05, 3.63) is 52.8 Å². The molecular formula is C21H23BrN6O2. The largest absolute Gasteiger partial charge is 0.370 e. The monoisotopic (exact) mass is 470 g/mol. The number of nitrogens with zero attached hydrogens (tertiary/aromatic N) is 6. The van der Waals surface area contributed by atoms with Crippen LogP contribution in [-0.4, -0.2) is 63.4 Å². The van der Waals surface area contributed by atoms with Gasteiger partial charge in [-0.1, -0.05) is 28.1 Å². The lowest BCUT2D eigenvalue weighted by molar-refractivity contribution is -0.144. The first-order valence-electron chi connectivity index (χ1n) is 10.3. The minimum Gasteiger partial charge on any atom is -0.370 e. The molecule has 0 N–H and O–H groups in total. The number of carbonyl (C=O) groups is 1. The molecule has 4 heterocycles. The van der Waals surface area contributed by atoms with Crippen LogP contribution < -0.4 is 4.90 Å². The number of aromatic nitrogens is 4.